The van der Waals surface area contributed by atoms with Crippen molar-refractivity contribution in [1.29, 1.82) is 0 Å². The van der Waals surface area contributed by atoms with E-state index >= 15 is 0 Å². The van der Waals surface area contributed by atoms with Gasteiger partial charge < -0.3 is 10.1 Å². The van der Waals surface area contributed by atoms with Crippen molar-refractivity contribution >= 4 is 0 Å². The Kier molecular flexibility index (Phi) is 9.16. The molecule has 2 heteroatoms. The van der Waals surface area contributed by atoms with Crippen molar-refractivity contribution in [2.24, 2.45) is 5.92 Å². The average molecular weight is 291 g/mol. The van der Waals surface area contributed by atoms with E-state index in [9.17, 15) is 0 Å². The van der Waals surface area contributed by atoms with E-state index in [-0.39, 0.29) is 0 Å². The Bertz CT molecular complexity index is 376. The molecule has 0 saturated heterocycles. The fourth-order valence-electron chi connectivity index (χ4n) is 2.34. The third-order valence-electron chi connectivity index (χ3n) is 3.87. The summed E-state index contributed by atoms with van der Waals surface area (Å²) in [7, 11) is 0. The molecule has 120 valence electrons. The lowest BCUT2D eigenvalue weighted by Crippen LogP contribution is -2.20. The Morgan fingerprint density at radius 1 is 1.05 bits per heavy atom. The predicted octanol–water partition coefficient (Wildman–Crippen LogP) is 4.99. The molecule has 0 aliphatic rings. The number of ether oxygens (including phenoxy) is 1. The van der Waals surface area contributed by atoms with E-state index in [0.717, 1.165) is 44.2 Å². The van der Waals surface area contributed by atoms with Crippen LogP contribution in [0.1, 0.15) is 64.9 Å². The van der Waals surface area contributed by atoms with Gasteiger partial charge in [-0.05, 0) is 62.2 Å². The summed E-state index contributed by atoms with van der Waals surface area (Å²) in [6.07, 6.45) is 4.76. The van der Waals surface area contributed by atoms with Crippen LogP contribution in [-0.4, -0.2) is 19.7 Å². The van der Waals surface area contributed by atoms with Gasteiger partial charge in [0.25, 0.3) is 0 Å². The SMILES string of the molecule is CCC(C)c1ccccc1OCCCCCNCC(C)C. The molecule has 1 aromatic carbocycles. The molecule has 0 aliphatic heterocycles. The zero-order valence-electron chi connectivity index (χ0n) is 14.3. The van der Waals surface area contributed by atoms with Gasteiger partial charge in [-0.1, -0.05) is 45.9 Å². The maximum Gasteiger partial charge on any atom is 0.122 e. The highest BCUT2D eigenvalue weighted by Crippen LogP contribution is 2.28. The van der Waals surface area contributed by atoms with Crippen LogP contribution in [-0.2, 0) is 0 Å². The number of unbranched alkanes of at least 4 members (excludes halogenated alkanes) is 2. The monoisotopic (exact) mass is 291 g/mol. The van der Waals surface area contributed by atoms with Gasteiger partial charge in [0, 0.05) is 0 Å². The minimum atomic E-state index is 0.571. The standard InChI is InChI=1S/C19H33NO/c1-5-17(4)18-11-7-8-12-19(18)21-14-10-6-9-13-20-15-16(2)3/h7-8,11-12,16-17,20H,5-6,9-10,13-15H2,1-4H3. The van der Waals surface area contributed by atoms with Crippen molar-refractivity contribution < 1.29 is 4.74 Å². The topological polar surface area (TPSA) is 21.3 Å². The highest BCUT2D eigenvalue weighted by Gasteiger charge is 2.08. The largest absolute Gasteiger partial charge is 0.493 e. The van der Waals surface area contributed by atoms with Crippen molar-refractivity contribution in [2.45, 2.75) is 59.3 Å². The Morgan fingerprint density at radius 3 is 2.52 bits per heavy atom. The first-order chi connectivity index (χ1) is 10.1. The number of benzene rings is 1. The summed E-state index contributed by atoms with van der Waals surface area (Å²) >= 11 is 0. The van der Waals surface area contributed by atoms with E-state index in [1.165, 1.54) is 18.4 Å². The summed E-state index contributed by atoms with van der Waals surface area (Å²) in [5.74, 6) is 2.39. The molecule has 1 rings (SSSR count). The molecule has 0 bridgehead atoms. The summed E-state index contributed by atoms with van der Waals surface area (Å²) in [6.45, 7) is 12.1. The van der Waals surface area contributed by atoms with Gasteiger partial charge in [-0.25, -0.2) is 0 Å². The summed E-state index contributed by atoms with van der Waals surface area (Å²) in [6, 6.07) is 8.47. The summed E-state index contributed by atoms with van der Waals surface area (Å²) in [5, 5.41) is 3.48. The number of hydrogen-bond donors (Lipinski definition) is 1. The van der Waals surface area contributed by atoms with E-state index < -0.39 is 0 Å². The molecule has 21 heavy (non-hydrogen) atoms. The van der Waals surface area contributed by atoms with E-state index in [4.69, 9.17) is 4.74 Å². The van der Waals surface area contributed by atoms with Crippen molar-refractivity contribution in [3.8, 4) is 5.75 Å². The van der Waals surface area contributed by atoms with Crippen LogP contribution in [0.25, 0.3) is 0 Å². The molecule has 0 heterocycles. The lowest BCUT2D eigenvalue weighted by atomic mass is 9.98. The van der Waals surface area contributed by atoms with Gasteiger partial charge in [-0.2, -0.15) is 0 Å². The minimum absolute atomic E-state index is 0.571. The zero-order valence-corrected chi connectivity index (χ0v) is 14.3. The molecule has 0 aliphatic carbocycles. The van der Waals surface area contributed by atoms with E-state index in [1.807, 2.05) is 0 Å². The fourth-order valence-corrected chi connectivity index (χ4v) is 2.34. The van der Waals surface area contributed by atoms with Crippen LogP contribution in [0.5, 0.6) is 5.75 Å². The Morgan fingerprint density at radius 2 is 1.81 bits per heavy atom. The first-order valence-electron chi connectivity index (χ1n) is 8.57. The number of para-hydroxylation sites is 1. The second-order valence-electron chi connectivity index (χ2n) is 6.35. The van der Waals surface area contributed by atoms with Crippen molar-refractivity contribution in [3.63, 3.8) is 0 Å². The first kappa shape index (κ1) is 18.0. The average Bonchev–Trinajstić information content (AvgIpc) is 2.49. The van der Waals surface area contributed by atoms with Crippen molar-refractivity contribution in [2.75, 3.05) is 19.7 Å². The molecule has 0 amide bonds. The smallest absolute Gasteiger partial charge is 0.122 e. The summed E-state index contributed by atoms with van der Waals surface area (Å²) < 4.78 is 5.98. The molecule has 2 nitrogen and oxygen atoms in total. The van der Waals surface area contributed by atoms with Crippen LogP contribution in [0.2, 0.25) is 0 Å². The lowest BCUT2D eigenvalue weighted by Gasteiger charge is -2.15. The van der Waals surface area contributed by atoms with Gasteiger partial charge in [-0.3, -0.25) is 0 Å². The van der Waals surface area contributed by atoms with E-state index in [1.54, 1.807) is 0 Å². The molecule has 0 fully saturated rings. The van der Waals surface area contributed by atoms with Gasteiger partial charge in [0.2, 0.25) is 0 Å². The molecule has 0 radical (unpaired) electrons. The maximum absolute atomic E-state index is 5.98. The van der Waals surface area contributed by atoms with Crippen LogP contribution < -0.4 is 10.1 Å². The molecular weight excluding hydrogens is 258 g/mol. The van der Waals surface area contributed by atoms with Gasteiger partial charge >= 0.3 is 0 Å². The van der Waals surface area contributed by atoms with E-state index in [0.29, 0.717) is 5.92 Å². The van der Waals surface area contributed by atoms with E-state index in [2.05, 4.69) is 57.3 Å². The molecule has 1 N–H and O–H groups in total. The number of hydrogen-bond acceptors (Lipinski definition) is 2. The second kappa shape index (κ2) is 10.7. The maximum atomic E-state index is 5.98. The Hall–Kier alpha value is -1.02. The summed E-state index contributed by atoms with van der Waals surface area (Å²) in [5.41, 5.74) is 1.35. The van der Waals surface area contributed by atoms with Crippen LogP contribution in [0.4, 0.5) is 0 Å². The highest BCUT2D eigenvalue weighted by molar-refractivity contribution is 5.35. The third kappa shape index (κ3) is 7.52. The van der Waals surface area contributed by atoms with Crippen LogP contribution in [0, 0.1) is 5.92 Å². The number of rotatable bonds is 11. The molecular formula is C19H33NO. The third-order valence-corrected chi connectivity index (χ3v) is 3.87. The molecule has 1 aromatic rings. The Labute approximate surface area is 131 Å². The van der Waals surface area contributed by atoms with Crippen molar-refractivity contribution in [3.05, 3.63) is 29.8 Å². The van der Waals surface area contributed by atoms with Crippen LogP contribution in [0.3, 0.4) is 0 Å². The van der Waals surface area contributed by atoms with Crippen molar-refractivity contribution in [1.82, 2.24) is 5.32 Å². The molecule has 0 aromatic heterocycles. The van der Waals surface area contributed by atoms with Gasteiger partial charge in [0.05, 0.1) is 6.61 Å². The molecule has 1 atom stereocenters. The molecule has 0 saturated carbocycles. The van der Waals surface area contributed by atoms with Gasteiger partial charge in [0.1, 0.15) is 5.75 Å². The highest BCUT2D eigenvalue weighted by atomic mass is 16.5. The van der Waals surface area contributed by atoms with Crippen LogP contribution >= 0.6 is 0 Å². The Balaban J connectivity index is 2.18. The minimum Gasteiger partial charge on any atom is -0.493 e. The first-order valence-corrected chi connectivity index (χ1v) is 8.57. The normalized spacial score (nSPS) is 12.6. The fraction of sp³-hybridized carbons (Fsp3) is 0.684. The quantitative estimate of drug-likeness (QED) is 0.580. The lowest BCUT2D eigenvalue weighted by molar-refractivity contribution is 0.300. The predicted molar refractivity (Wildman–Crippen MR) is 92.2 cm³/mol. The van der Waals surface area contributed by atoms with Gasteiger partial charge in [0.15, 0.2) is 0 Å². The number of nitrogens with one attached hydrogen (secondary N) is 1. The molecule has 1 unspecified atom stereocenters. The zero-order chi connectivity index (χ0) is 15.5. The molecule has 0 spiro atoms. The second-order valence-corrected chi connectivity index (χ2v) is 6.35. The van der Waals surface area contributed by atoms with Gasteiger partial charge in [-0.15, -0.1) is 0 Å². The summed E-state index contributed by atoms with van der Waals surface area (Å²) in [4.78, 5) is 0. The van der Waals surface area contributed by atoms with Crippen LogP contribution in [0.15, 0.2) is 24.3 Å².